The second kappa shape index (κ2) is 7.78. The van der Waals surface area contributed by atoms with E-state index in [9.17, 15) is 13.2 Å². The number of halogens is 4. The van der Waals surface area contributed by atoms with Crippen molar-refractivity contribution in [3.8, 4) is 0 Å². The molecule has 1 heterocycles. The number of oxazole rings is 1. The fraction of sp³-hybridized carbons (Fsp3) is 0.105. The SMILES string of the molecule is FC(F)(F)c1ccc(/C=C/c2nc(CNc3ccc(Br)cc3)co2)cc1. The zero-order valence-electron chi connectivity index (χ0n) is 13.4. The minimum absolute atomic E-state index is 0.387. The van der Waals surface area contributed by atoms with Gasteiger partial charge in [0.1, 0.15) is 6.26 Å². The fourth-order valence-electron chi connectivity index (χ4n) is 2.19. The molecule has 0 fully saturated rings. The topological polar surface area (TPSA) is 38.1 Å². The standard InChI is InChI=1S/C19H14BrF3N2O/c20-15-6-8-16(9-7-15)24-11-17-12-26-18(25-17)10-3-13-1-4-14(5-2-13)19(21,22)23/h1-10,12,24H,11H2/b10-3+. The molecule has 3 nitrogen and oxygen atoms in total. The fourth-order valence-corrected chi connectivity index (χ4v) is 2.46. The number of nitrogens with zero attached hydrogens (tertiary/aromatic N) is 1. The largest absolute Gasteiger partial charge is 0.445 e. The van der Waals surface area contributed by atoms with E-state index >= 15 is 0 Å². The monoisotopic (exact) mass is 422 g/mol. The van der Waals surface area contributed by atoms with Crippen LogP contribution in [0, 0.1) is 0 Å². The number of rotatable bonds is 5. The lowest BCUT2D eigenvalue weighted by molar-refractivity contribution is -0.137. The molecular weight excluding hydrogens is 409 g/mol. The van der Waals surface area contributed by atoms with E-state index in [0.29, 0.717) is 18.0 Å². The molecule has 26 heavy (non-hydrogen) atoms. The highest BCUT2D eigenvalue weighted by molar-refractivity contribution is 9.10. The van der Waals surface area contributed by atoms with Crippen molar-refractivity contribution in [2.45, 2.75) is 12.7 Å². The number of anilines is 1. The van der Waals surface area contributed by atoms with Gasteiger partial charge in [-0.05, 0) is 48.0 Å². The summed E-state index contributed by atoms with van der Waals surface area (Å²) in [7, 11) is 0. The lowest BCUT2D eigenvalue weighted by Gasteiger charge is -2.05. The first-order valence-corrected chi connectivity index (χ1v) is 8.49. The zero-order chi connectivity index (χ0) is 18.6. The first kappa shape index (κ1) is 18.3. The molecule has 0 radical (unpaired) electrons. The van der Waals surface area contributed by atoms with E-state index in [4.69, 9.17) is 4.42 Å². The molecule has 7 heteroatoms. The molecular formula is C19H14BrF3N2O. The number of alkyl halides is 3. The van der Waals surface area contributed by atoms with Crippen LogP contribution in [0.4, 0.5) is 18.9 Å². The van der Waals surface area contributed by atoms with Crippen LogP contribution >= 0.6 is 15.9 Å². The molecule has 0 aliphatic carbocycles. The molecule has 0 aliphatic heterocycles. The van der Waals surface area contributed by atoms with E-state index in [1.165, 1.54) is 18.4 Å². The van der Waals surface area contributed by atoms with Gasteiger partial charge in [0.2, 0.25) is 5.89 Å². The Kier molecular flexibility index (Phi) is 5.46. The summed E-state index contributed by atoms with van der Waals surface area (Å²) in [6.45, 7) is 0.499. The average Bonchev–Trinajstić information content (AvgIpc) is 3.07. The molecule has 1 N–H and O–H groups in total. The molecule has 3 rings (SSSR count). The zero-order valence-corrected chi connectivity index (χ0v) is 15.0. The quantitative estimate of drug-likeness (QED) is 0.528. The van der Waals surface area contributed by atoms with E-state index < -0.39 is 11.7 Å². The Labute approximate surface area is 156 Å². The van der Waals surface area contributed by atoms with E-state index in [-0.39, 0.29) is 0 Å². The van der Waals surface area contributed by atoms with Crippen molar-refractivity contribution in [1.29, 1.82) is 0 Å². The highest BCUT2D eigenvalue weighted by atomic mass is 79.9. The molecule has 0 aliphatic rings. The predicted octanol–water partition coefficient (Wildman–Crippen LogP) is 6.24. The van der Waals surface area contributed by atoms with Gasteiger partial charge in [0.15, 0.2) is 0 Å². The van der Waals surface area contributed by atoms with Crippen LogP contribution in [0.25, 0.3) is 12.2 Å². The highest BCUT2D eigenvalue weighted by Gasteiger charge is 2.29. The number of hydrogen-bond acceptors (Lipinski definition) is 3. The third-order valence-electron chi connectivity index (χ3n) is 3.54. The van der Waals surface area contributed by atoms with Crippen LogP contribution in [0.2, 0.25) is 0 Å². The average molecular weight is 423 g/mol. The van der Waals surface area contributed by atoms with Gasteiger partial charge in [0, 0.05) is 16.2 Å². The second-order valence-electron chi connectivity index (χ2n) is 5.49. The smallest absolute Gasteiger partial charge is 0.416 e. The van der Waals surface area contributed by atoms with Crippen LogP contribution in [0.5, 0.6) is 0 Å². The van der Waals surface area contributed by atoms with Gasteiger partial charge in [-0.25, -0.2) is 4.98 Å². The van der Waals surface area contributed by atoms with Gasteiger partial charge in [-0.3, -0.25) is 0 Å². The summed E-state index contributed by atoms with van der Waals surface area (Å²) in [6.07, 6.45) is 0.476. The van der Waals surface area contributed by atoms with Gasteiger partial charge < -0.3 is 9.73 Å². The van der Waals surface area contributed by atoms with Crippen molar-refractivity contribution in [1.82, 2.24) is 4.98 Å². The first-order valence-electron chi connectivity index (χ1n) is 7.69. The van der Waals surface area contributed by atoms with Gasteiger partial charge in [0.25, 0.3) is 0 Å². The third-order valence-corrected chi connectivity index (χ3v) is 4.07. The van der Waals surface area contributed by atoms with Crippen molar-refractivity contribution in [3.05, 3.63) is 82.0 Å². The summed E-state index contributed by atoms with van der Waals surface area (Å²) in [6, 6.07) is 12.6. The minimum Gasteiger partial charge on any atom is -0.445 e. The number of nitrogens with one attached hydrogen (secondary N) is 1. The number of hydrogen-bond donors (Lipinski definition) is 1. The lowest BCUT2D eigenvalue weighted by Crippen LogP contribution is -2.03. The molecule has 0 amide bonds. The molecule has 1 aromatic heterocycles. The molecule has 0 unspecified atom stereocenters. The molecule has 0 saturated heterocycles. The number of aromatic nitrogens is 1. The highest BCUT2D eigenvalue weighted by Crippen LogP contribution is 2.29. The Bertz CT molecular complexity index is 884. The third kappa shape index (κ3) is 4.98. The van der Waals surface area contributed by atoms with Crippen molar-refractivity contribution in [2.24, 2.45) is 0 Å². The lowest BCUT2D eigenvalue weighted by atomic mass is 10.1. The Morgan fingerprint density at radius 1 is 1.00 bits per heavy atom. The van der Waals surface area contributed by atoms with Crippen molar-refractivity contribution in [3.63, 3.8) is 0 Å². The van der Waals surface area contributed by atoms with Crippen molar-refractivity contribution >= 4 is 33.8 Å². The summed E-state index contributed by atoms with van der Waals surface area (Å²) in [5, 5.41) is 3.22. The van der Waals surface area contributed by atoms with E-state index in [2.05, 4.69) is 26.2 Å². The van der Waals surface area contributed by atoms with Gasteiger partial charge >= 0.3 is 6.18 Å². The Balaban J connectivity index is 1.59. The van der Waals surface area contributed by atoms with Crippen LogP contribution in [-0.2, 0) is 12.7 Å². The van der Waals surface area contributed by atoms with E-state index in [0.717, 1.165) is 28.0 Å². The van der Waals surface area contributed by atoms with Gasteiger partial charge in [-0.1, -0.05) is 28.1 Å². The summed E-state index contributed by atoms with van der Waals surface area (Å²) in [5.41, 5.74) is 1.64. The molecule has 0 bridgehead atoms. The maximum atomic E-state index is 12.5. The Morgan fingerprint density at radius 2 is 1.69 bits per heavy atom. The second-order valence-corrected chi connectivity index (χ2v) is 6.41. The molecule has 0 spiro atoms. The van der Waals surface area contributed by atoms with Crippen LogP contribution in [0.1, 0.15) is 22.7 Å². The molecule has 3 aromatic rings. The maximum Gasteiger partial charge on any atom is 0.416 e. The number of benzene rings is 2. The molecule has 0 atom stereocenters. The summed E-state index contributed by atoms with van der Waals surface area (Å²) in [5.74, 6) is 0.387. The maximum absolute atomic E-state index is 12.5. The van der Waals surface area contributed by atoms with Crippen LogP contribution in [0.3, 0.4) is 0 Å². The molecule has 2 aromatic carbocycles. The van der Waals surface area contributed by atoms with Crippen LogP contribution in [0.15, 0.2) is 63.7 Å². The van der Waals surface area contributed by atoms with Crippen molar-refractivity contribution < 1.29 is 17.6 Å². The first-order chi connectivity index (χ1) is 12.4. The van der Waals surface area contributed by atoms with E-state index in [1.54, 1.807) is 12.2 Å². The Morgan fingerprint density at radius 3 is 2.35 bits per heavy atom. The normalized spacial score (nSPS) is 11.8. The minimum atomic E-state index is -4.33. The summed E-state index contributed by atoms with van der Waals surface area (Å²) >= 11 is 3.38. The van der Waals surface area contributed by atoms with Gasteiger partial charge in [-0.15, -0.1) is 0 Å². The van der Waals surface area contributed by atoms with Gasteiger partial charge in [0.05, 0.1) is 17.8 Å². The summed E-state index contributed by atoms with van der Waals surface area (Å²) in [4.78, 5) is 4.31. The molecule has 0 saturated carbocycles. The van der Waals surface area contributed by atoms with Crippen LogP contribution < -0.4 is 5.32 Å². The van der Waals surface area contributed by atoms with Crippen molar-refractivity contribution in [2.75, 3.05) is 5.32 Å². The molecule has 134 valence electrons. The van der Waals surface area contributed by atoms with Crippen LogP contribution in [-0.4, -0.2) is 4.98 Å². The van der Waals surface area contributed by atoms with E-state index in [1.807, 2.05) is 24.3 Å². The Hall–Kier alpha value is -2.54. The predicted molar refractivity (Wildman–Crippen MR) is 98.3 cm³/mol. The van der Waals surface area contributed by atoms with Gasteiger partial charge in [-0.2, -0.15) is 13.2 Å². The summed E-state index contributed by atoms with van der Waals surface area (Å²) < 4.78 is 44.0.